The number of amides is 1. The summed E-state index contributed by atoms with van der Waals surface area (Å²) in [7, 11) is 0. The Hall–Kier alpha value is -3.23. The molecule has 9 nitrogen and oxygen atoms in total. The zero-order valence-corrected chi connectivity index (χ0v) is 15.3. The van der Waals surface area contributed by atoms with E-state index < -0.39 is 5.91 Å². The van der Waals surface area contributed by atoms with E-state index in [2.05, 4.69) is 20.6 Å². The molecule has 0 unspecified atom stereocenters. The highest BCUT2D eigenvalue weighted by Gasteiger charge is 2.18. The molecule has 0 aromatic carbocycles. The van der Waals surface area contributed by atoms with Crippen LogP contribution in [-0.2, 0) is 11.3 Å². The van der Waals surface area contributed by atoms with Gasteiger partial charge in [0.15, 0.2) is 5.82 Å². The number of anilines is 1. The van der Waals surface area contributed by atoms with Crippen LogP contribution in [0, 0.1) is 34.6 Å². The molecule has 3 aromatic heterocycles. The van der Waals surface area contributed by atoms with Gasteiger partial charge in [0.05, 0.1) is 5.69 Å². The van der Waals surface area contributed by atoms with E-state index in [1.807, 2.05) is 19.9 Å². The predicted octanol–water partition coefficient (Wildman–Crippen LogP) is 1.60. The van der Waals surface area contributed by atoms with Gasteiger partial charge in [0.25, 0.3) is 5.56 Å². The predicted molar refractivity (Wildman–Crippen MR) is 94.4 cm³/mol. The van der Waals surface area contributed by atoms with Crippen molar-refractivity contribution < 1.29 is 9.32 Å². The van der Waals surface area contributed by atoms with E-state index >= 15 is 0 Å². The standard InChI is InChI=1S/C17H20N6O3/c1-9-6-10(2)23(20-9)17-18-13(5)12(4)16(25)22(17)8-15(24)19-14-7-11(3)26-21-14/h6-7H,8H2,1-5H3,(H,19,21,24). The second kappa shape index (κ2) is 6.58. The minimum atomic E-state index is -0.409. The topological polar surface area (TPSA) is 108 Å². The molecule has 0 radical (unpaired) electrons. The second-order valence-electron chi connectivity index (χ2n) is 6.22. The van der Waals surface area contributed by atoms with Crippen LogP contribution in [0.4, 0.5) is 5.82 Å². The van der Waals surface area contributed by atoms with Gasteiger partial charge in [-0.15, -0.1) is 0 Å². The van der Waals surface area contributed by atoms with Gasteiger partial charge in [-0.05, 0) is 40.7 Å². The summed E-state index contributed by atoms with van der Waals surface area (Å²) in [6.45, 7) is 8.67. The fourth-order valence-electron chi connectivity index (χ4n) is 2.63. The molecule has 26 heavy (non-hydrogen) atoms. The normalized spacial score (nSPS) is 11.0. The Morgan fingerprint density at radius 3 is 2.50 bits per heavy atom. The van der Waals surface area contributed by atoms with Crippen molar-refractivity contribution in [2.24, 2.45) is 0 Å². The zero-order valence-electron chi connectivity index (χ0n) is 15.3. The quantitative estimate of drug-likeness (QED) is 0.761. The van der Waals surface area contributed by atoms with E-state index in [9.17, 15) is 9.59 Å². The molecule has 0 bridgehead atoms. The van der Waals surface area contributed by atoms with Crippen LogP contribution >= 0.6 is 0 Å². The molecule has 3 aromatic rings. The Morgan fingerprint density at radius 2 is 1.92 bits per heavy atom. The van der Waals surface area contributed by atoms with Crippen molar-refractivity contribution in [3.8, 4) is 5.95 Å². The van der Waals surface area contributed by atoms with Crippen molar-refractivity contribution in [1.29, 1.82) is 0 Å². The summed E-state index contributed by atoms with van der Waals surface area (Å²) in [5.41, 5.74) is 2.41. The van der Waals surface area contributed by atoms with Crippen LogP contribution in [0.25, 0.3) is 5.95 Å². The van der Waals surface area contributed by atoms with Crippen LogP contribution < -0.4 is 10.9 Å². The fourth-order valence-corrected chi connectivity index (χ4v) is 2.63. The molecule has 0 spiro atoms. The number of carbonyl (C=O) groups excluding carboxylic acids is 1. The summed E-state index contributed by atoms with van der Waals surface area (Å²) < 4.78 is 7.80. The van der Waals surface area contributed by atoms with Crippen LogP contribution in [0.5, 0.6) is 0 Å². The molecular formula is C17H20N6O3. The van der Waals surface area contributed by atoms with Crippen LogP contribution in [0.2, 0.25) is 0 Å². The van der Waals surface area contributed by atoms with Crippen molar-refractivity contribution >= 4 is 11.7 Å². The van der Waals surface area contributed by atoms with E-state index in [1.165, 1.54) is 4.57 Å². The molecule has 0 saturated heterocycles. The van der Waals surface area contributed by atoms with E-state index in [0.717, 1.165) is 11.4 Å². The molecule has 0 aliphatic carbocycles. The molecule has 0 aliphatic heterocycles. The third-order valence-corrected chi connectivity index (χ3v) is 4.01. The third kappa shape index (κ3) is 3.28. The van der Waals surface area contributed by atoms with Gasteiger partial charge in [-0.2, -0.15) is 5.10 Å². The first-order valence-corrected chi connectivity index (χ1v) is 8.11. The second-order valence-corrected chi connectivity index (χ2v) is 6.22. The number of aromatic nitrogens is 5. The summed E-state index contributed by atoms with van der Waals surface area (Å²) >= 11 is 0. The van der Waals surface area contributed by atoms with Gasteiger partial charge >= 0.3 is 0 Å². The summed E-state index contributed by atoms with van der Waals surface area (Å²) in [5, 5.41) is 10.7. The van der Waals surface area contributed by atoms with E-state index in [4.69, 9.17) is 4.52 Å². The minimum Gasteiger partial charge on any atom is -0.360 e. The molecule has 0 saturated carbocycles. The lowest BCUT2D eigenvalue weighted by Gasteiger charge is -2.14. The number of rotatable bonds is 4. The van der Waals surface area contributed by atoms with Crippen molar-refractivity contribution in [3.05, 3.63) is 50.9 Å². The summed E-state index contributed by atoms with van der Waals surface area (Å²) in [6.07, 6.45) is 0. The highest BCUT2D eigenvalue weighted by Crippen LogP contribution is 2.12. The maximum absolute atomic E-state index is 12.8. The Labute approximate surface area is 149 Å². The molecule has 9 heteroatoms. The van der Waals surface area contributed by atoms with Gasteiger partial charge in [-0.3, -0.25) is 14.2 Å². The molecule has 1 N–H and O–H groups in total. The number of nitrogens with one attached hydrogen (secondary N) is 1. The first-order chi connectivity index (χ1) is 12.3. The van der Waals surface area contributed by atoms with Crippen LogP contribution in [0.1, 0.15) is 28.4 Å². The molecular weight excluding hydrogens is 336 g/mol. The average Bonchev–Trinajstić information content (AvgIpc) is 3.12. The van der Waals surface area contributed by atoms with Gasteiger partial charge in [-0.25, -0.2) is 9.67 Å². The van der Waals surface area contributed by atoms with Crippen LogP contribution in [-0.4, -0.2) is 30.4 Å². The highest BCUT2D eigenvalue weighted by molar-refractivity contribution is 5.89. The maximum atomic E-state index is 12.8. The Morgan fingerprint density at radius 1 is 1.19 bits per heavy atom. The SMILES string of the molecule is Cc1cc(C)n(-c2nc(C)c(C)c(=O)n2CC(=O)Nc2cc(C)on2)n1. The van der Waals surface area contributed by atoms with Gasteiger partial charge in [0.2, 0.25) is 11.9 Å². The monoisotopic (exact) mass is 356 g/mol. The number of aryl methyl sites for hydroxylation is 4. The first kappa shape index (κ1) is 17.6. The van der Waals surface area contributed by atoms with E-state index in [-0.39, 0.29) is 12.1 Å². The molecule has 0 aliphatic rings. The Kier molecular flexibility index (Phi) is 4.45. The van der Waals surface area contributed by atoms with Crippen molar-refractivity contribution in [2.75, 3.05) is 5.32 Å². The Balaban J connectivity index is 2.02. The minimum absolute atomic E-state index is 0.216. The third-order valence-electron chi connectivity index (χ3n) is 4.01. The molecule has 0 atom stereocenters. The number of hydrogen-bond acceptors (Lipinski definition) is 6. The van der Waals surface area contributed by atoms with Gasteiger partial charge in [0.1, 0.15) is 12.3 Å². The highest BCUT2D eigenvalue weighted by atomic mass is 16.5. The molecule has 136 valence electrons. The maximum Gasteiger partial charge on any atom is 0.258 e. The van der Waals surface area contributed by atoms with Crippen LogP contribution in [0.3, 0.4) is 0 Å². The summed E-state index contributed by atoms with van der Waals surface area (Å²) in [4.78, 5) is 29.7. The molecule has 3 heterocycles. The number of carbonyl (C=O) groups is 1. The molecule has 0 fully saturated rings. The summed E-state index contributed by atoms with van der Waals surface area (Å²) in [5.74, 6) is 0.766. The van der Waals surface area contributed by atoms with Crippen molar-refractivity contribution in [1.82, 2.24) is 24.5 Å². The van der Waals surface area contributed by atoms with Crippen molar-refractivity contribution in [3.63, 3.8) is 0 Å². The molecule has 3 rings (SSSR count). The zero-order chi connectivity index (χ0) is 19.0. The Bertz CT molecular complexity index is 1040. The lowest BCUT2D eigenvalue weighted by molar-refractivity contribution is -0.116. The van der Waals surface area contributed by atoms with Gasteiger partial charge < -0.3 is 9.84 Å². The van der Waals surface area contributed by atoms with Crippen molar-refractivity contribution in [2.45, 2.75) is 41.2 Å². The number of nitrogens with zero attached hydrogens (tertiary/aromatic N) is 5. The average molecular weight is 356 g/mol. The summed E-state index contributed by atoms with van der Waals surface area (Å²) in [6, 6.07) is 3.48. The van der Waals surface area contributed by atoms with E-state index in [1.54, 1.807) is 31.5 Å². The van der Waals surface area contributed by atoms with Gasteiger partial charge in [-0.1, -0.05) is 5.16 Å². The number of hydrogen-bond donors (Lipinski definition) is 1. The largest absolute Gasteiger partial charge is 0.360 e. The lowest BCUT2D eigenvalue weighted by atomic mass is 10.2. The van der Waals surface area contributed by atoms with Crippen LogP contribution in [0.15, 0.2) is 21.5 Å². The lowest BCUT2D eigenvalue weighted by Crippen LogP contribution is -2.33. The first-order valence-electron chi connectivity index (χ1n) is 8.11. The van der Waals surface area contributed by atoms with E-state index in [0.29, 0.717) is 28.8 Å². The van der Waals surface area contributed by atoms with Gasteiger partial charge in [0, 0.05) is 23.0 Å². The fraction of sp³-hybridized carbons (Fsp3) is 0.353. The molecule has 1 amide bonds. The smallest absolute Gasteiger partial charge is 0.258 e.